The Morgan fingerprint density at radius 2 is 2.00 bits per heavy atom. The average molecular weight is 336 g/mol. The van der Waals surface area contributed by atoms with Crippen molar-refractivity contribution in [1.82, 2.24) is 15.1 Å². The average Bonchev–Trinajstić information content (AvgIpc) is 3.03. The number of anilines is 2. The van der Waals surface area contributed by atoms with Crippen LogP contribution in [0.4, 0.5) is 11.6 Å². The maximum absolute atomic E-state index is 8.47. The van der Waals surface area contributed by atoms with Crippen molar-refractivity contribution in [3.8, 4) is 0 Å². The summed E-state index contributed by atoms with van der Waals surface area (Å²) >= 11 is 0. The first-order valence-corrected chi connectivity index (χ1v) is 8.00. The molecule has 7 nitrogen and oxygen atoms in total. The normalized spacial score (nSPS) is 10.8. The summed E-state index contributed by atoms with van der Waals surface area (Å²) in [5, 5.41) is 15.7. The first-order valence-electron chi connectivity index (χ1n) is 8.00. The van der Waals surface area contributed by atoms with Crippen LogP contribution in [-0.4, -0.2) is 26.9 Å². The van der Waals surface area contributed by atoms with E-state index < -0.39 is 0 Å². The van der Waals surface area contributed by atoms with Gasteiger partial charge in [0.1, 0.15) is 29.4 Å². The second-order valence-corrected chi connectivity index (χ2v) is 6.00. The van der Waals surface area contributed by atoms with Gasteiger partial charge in [-0.25, -0.2) is 9.97 Å². The van der Waals surface area contributed by atoms with Gasteiger partial charge in [-0.2, -0.15) is 0 Å². The molecule has 2 aromatic heterocycles. The Morgan fingerprint density at radius 3 is 2.72 bits per heavy atom. The van der Waals surface area contributed by atoms with E-state index in [-0.39, 0.29) is 17.6 Å². The summed E-state index contributed by atoms with van der Waals surface area (Å²) in [5.41, 5.74) is 8.05. The highest BCUT2D eigenvalue weighted by molar-refractivity contribution is 6.15. The first-order chi connectivity index (χ1) is 12.0. The lowest BCUT2D eigenvalue weighted by Crippen LogP contribution is -2.18. The van der Waals surface area contributed by atoms with Gasteiger partial charge in [0, 0.05) is 18.5 Å². The maximum Gasteiger partial charge on any atom is 0.141 e. The molecule has 128 valence electrons. The van der Waals surface area contributed by atoms with Crippen molar-refractivity contribution in [1.29, 1.82) is 5.41 Å². The molecule has 7 heteroatoms. The number of nitrogens with one attached hydrogen (secondary N) is 2. The van der Waals surface area contributed by atoms with E-state index in [1.54, 1.807) is 6.07 Å². The van der Waals surface area contributed by atoms with Gasteiger partial charge in [-0.15, -0.1) is 0 Å². The third-order valence-corrected chi connectivity index (χ3v) is 3.59. The molecular formula is C18H20N6O. The standard InChI is InChI=1S/C18H20N6O/c1-11(2)23-18-15(17(20)21-10-22-18)16(19)14-9-13(25-24-14)8-12-6-4-3-5-7-12/h3-7,9-11,19H,8H2,1-2H3,(H3,20,21,22,23). The highest BCUT2D eigenvalue weighted by Crippen LogP contribution is 2.22. The SMILES string of the molecule is CC(C)Nc1ncnc(N)c1C(=N)c1cc(Cc2ccccc2)on1. The van der Waals surface area contributed by atoms with Crippen molar-refractivity contribution in [3.05, 3.63) is 65.3 Å². The van der Waals surface area contributed by atoms with Gasteiger partial charge in [0.2, 0.25) is 0 Å². The van der Waals surface area contributed by atoms with E-state index in [2.05, 4.69) is 20.4 Å². The lowest BCUT2D eigenvalue weighted by Gasteiger charge is -2.14. The lowest BCUT2D eigenvalue weighted by molar-refractivity contribution is 0.388. The molecular weight excluding hydrogens is 316 g/mol. The quantitative estimate of drug-likeness (QED) is 0.596. The minimum atomic E-state index is 0.129. The monoisotopic (exact) mass is 336 g/mol. The second kappa shape index (κ2) is 7.12. The summed E-state index contributed by atoms with van der Waals surface area (Å²) in [5.74, 6) is 1.43. The zero-order chi connectivity index (χ0) is 17.8. The van der Waals surface area contributed by atoms with E-state index in [4.69, 9.17) is 15.7 Å². The number of benzene rings is 1. The molecule has 0 saturated heterocycles. The molecule has 3 aromatic rings. The van der Waals surface area contributed by atoms with Gasteiger partial charge in [-0.05, 0) is 19.4 Å². The van der Waals surface area contributed by atoms with Crippen LogP contribution in [0, 0.1) is 5.41 Å². The van der Waals surface area contributed by atoms with E-state index in [1.807, 2.05) is 44.2 Å². The zero-order valence-corrected chi connectivity index (χ0v) is 14.2. The zero-order valence-electron chi connectivity index (χ0n) is 14.2. The van der Waals surface area contributed by atoms with E-state index in [0.29, 0.717) is 29.3 Å². The van der Waals surface area contributed by atoms with E-state index in [0.717, 1.165) is 5.56 Å². The molecule has 0 saturated carbocycles. The van der Waals surface area contributed by atoms with Gasteiger partial charge in [0.15, 0.2) is 0 Å². The van der Waals surface area contributed by atoms with E-state index in [9.17, 15) is 0 Å². The number of hydrogen-bond acceptors (Lipinski definition) is 7. The predicted octanol–water partition coefficient (Wildman–Crippen LogP) is 2.87. The van der Waals surface area contributed by atoms with Crippen LogP contribution in [0.1, 0.15) is 36.4 Å². The molecule has 0 fully saturated rings. The Labute approximate surface area is 145 Å². The number of rotatable bonds is 6. The summed E-state index contributed by atoms with van der Waals surface area (Å²) in [6.07, 6.45) is 1.99. The number of nitrogen functional groups attached to an aromatic ring is 1. The first kappa shape index (κ1) is 16.6. The highest BCUT2D eigenvalue weighted by atomic mass is 16.5. The fourth-order valence-electron chi connectivity index (χ4n) is 2.47. The summed E-state index contributed by atoms with van der Waals surface area (Å²) in [6, 6.07) is 11.8. The largest absolute Gasteiger partial charge is 0.383 e. The fraction of sp³-hybridized carbons (Fsp3) is 0.222. The topological polar surface area (TPSA) is 114 Å². The van der Waals surface area contributed by atoms with Crippen molar-refractivity contribution in [2.75, 3.05) is 11.1 Å². The van der Waals surface area contributed by atoms with Gasteiger partial charge >= 0.3 is 0 Å². The molecule has 0 radical (unpaired) electrons. The molecule has 0 bridgehead atoms. The van der Waals surface area contributed by atoms with Crippen LogP contribution in [0.3, 0.4) is 0 Å². The number of nitrogens with zero attached hydrogens (tertiary/aromatic N) is 3. The fourth-order valence-corrected chi connectivity index (χ4v) is 2.47. The third kappa shape index (κ3) is 3.82. The molecule has 4 N–H and O–H groups in total. The molecule has 0 aliphatic heterocycles. The minimum absolute atomic E-state index is 0.129. The van der Waals surface area contributed by atoms with Crippen molar-refractivity contribution < 1.29 is 4.52 Å². The predicted molar refractivity (Wildman–Crippen MR) is 96.9 cm³/mol. The summed E-state index contributed by atoms with van der Waals surface area (Å²) < 4.78 is 5.38. The summed E-state index contributed by atoms with van der Waals surface area (Å²) in [6.45, 7) is 3.97. The van der Waals surface area contributed by atoms with Crippen LogP contribution in [0.5, 0.6) is 0 Å². The number of nitrogens with two attached hydrogens (primary N) is 1. The van der Waals surface area contributed by atoms with Gasteiger partial charge in [-0.3, -0.25) is 5.41 Å². The van der Waals surface area contributed by atoms with Crippen LogP contribution in [0.15, 0.2) is 47.2 Å². The smallest absolute Gasteiger partial charge is 0.141 e. The third-order valence-electron chi connectivity index (χ3n) is 3.59. The lowest BCUT2D eigenvalue weighted by atomic mass is 10.1. The van der Waals surface area contributed by atoms with E-state index in [1.165, 1.54) is 6.33 Å². The highest BCUT2D eigenvalue weighted by Gasteiger charge is 2.20. The molecule has 0 atom stereocenters. The Hall–Kier alpha value is -3.22. The van der Waals surface area contributed by atoms with Crippen LogP contribution in [0.2, 0.25) is 0 Å². The summed E-state index contributed by atoms with van der Waals surface area (Å²) in [7, 11) is 0. The van der Waals surface area contributed by atoms with E-state index >= 15 is 0 Å². The number of hydrogen-bond donors (Lipinski definition) is 3. The van der Waals surface area contributed by atoms with Crippen molar-refractivity contribution in [2.24, 2.45) is 0 Å². The van der Waals surface area contributed by atoms with Gasteiger partial charge in [0.25, 0.3) is 0 Å². The maximum atomic E-state index is 8.47. The van der Waals surface area contributed by atoms with Crippen LogP contribution >= 0.6 is 0 Å². The molecule has 0 aliphatic carbocycles. The Balaban J connectivity index is 1.87. The Morgan fingerprint density at radius 1 is 1.24 bits per heavy atom. The molecule has 0 aliphatic rings. The molecule has 0 amide bonds. The van der Waals surface area contributed by atoms with Crippen LogP contribution in [0.25, 0.3) is 0 Å². The second-order valence-electron chi connectivity index (χ2n) is 6.00. The van der Waals surface area contributed by atoms with Crippen LogP contribution < -0.4 is 11.1 Å². The number of aromatic nitrogens is 3. The molecule has 2 heterocycles. The van der Waals surface area contributed by atoms with Crippen molar-refractivity contribution in [2.45, 2.75) is 26.3 Å². The molecule has 0 spiro atoms. The van der Waals surface area contributed by atoms with Gasteiger partial charge < -0.3 is 15.6 Å². The Bertz CT molecular complexity index is 872. The Kier molecular flexibility index (Phi) is 4.74. The summed E-state index contributed by atoms with van der Waals surface area (Å²) in [4.78, 5) is 8.19. The molecule has 1 aromatic carbocycles. The minimum Gasteiger partial charge on any atom is -0.383 e. The molecule has 3 rings (SSSR count). The van der Waals surface area contributed by atoms with Crippen molar-refractivity contribution >= 4 is 17.3 Å². The van der Waals surface area contributed by atoms with Crippen molar-refractivity contribution in [3.63, 3.8) is 0 Å². The van der Waals surface area contributed by atoms with Gasteiger partial charge in [-0.1, -0.05) is 35.5 Å². The molecule has 25 heavy (non-hydrogen) atoms. The molecule has 0 unspecified atom stereocenters. The van der Waals surface area contributed by atoms with Gasteiger partial charge in [0.05, 0.1) is 11.3 Å². The van der Waals surface area contributed by atoms with Crippen LogP contribution in [-0.2, 0) is 6.42 Å².